The third-order valence-electron chi connectivity index (χ3n) is 4.04. The molecule has 0 saturated carbocycles. The van der Waals surface area contributed by atoms with Crippen LogP contribution in [0.3, 0.4) is 0 Å². The molecule has 2 N–H and O–H groups in total. The predicted molar refractivity (Wildman–Crippen MR) is 74.0 cm³/mol. The SMILES string of the molecule is CC1CCCN(C(=O)NC(C)(C)CCC(=O)O)C1C. The molecule has 5 nitrogen and oxygen atoms in total. The summed E-state index contributed by atoms with van der Waals surface area (Å²) in [5, 5.41) is 11.7. The molecule has 0 radical (unpaired) electrons. The van der Waals surface area contributed by atoms with Gasteiger partial charge in [-0.25, -0.2) is 4.79 Å². The fourth-order valence-electron chi connectivity index (χ4n) is 2.47. The van der Waals surface area contributed by atoms with Crippen molar-refractivity contribution < 1.29 is 14.7 Å². The topological polar surface area (TPSA) is 69.6 Å². The summed E-state index contributed by atoms with van der Waals surface area (Å²) in [5.74, 6) is -0.316. The van der Waals surface area contributed by atoms with E-state index in [-0.39, 0.29) is 18.5 Å². The molecule has 1 fully saturated rings. The second kappa shape index (κ2) is 6.26. The summed E-state index contributed by atoms with van der Waals surface area (Å²) in [4.78, 5) is 24.8. The molecule has 1 rings (SSSR count). The van der Waals surface area contributed by atoms with Crippen molar-refractivity contribution in [3.05, 3.63) is 0 Å². The predicted octanol–water partition coefficient (Wildman–Crippen LogP) is 2.46. The van der Waals surface area contributed by atoms with Gasteiger partial charge in [0.25, 0.3) is 0 Å². The molecule has 0 aliphatic carbocycles. The zero-order chi connectivity index (χ0) is 14.6. The van der Waals surface area contributed by atoms with Gasteiger partial charge < -0.3 is 15.3 Å². The van der Waals surface area contributed by atoms with Crippen molar-refractivity contribution in [2.45, 2.75) is 65.0 Å². The highest BCUT2D eigenvalue weighted by molar-refractivity contribution is 5.75. The van der Waals surface area contributed by atoms with Gasteiger partial charge in [0.1, 0.15) is 0 Å². The fraction of sp³-hybridized carbons (Fsp3) is 0.857. The number of nitrogens with one attached hydrogen (secondary N) is 1. The van der Waals surface area contributed by atoms with Crippen molar-refractivity contribution in [3.63, 3.8) is 0 Å². The van der Waals surface area contributed by atoms with Crippen molar-refractivity contribution in [2.24, 2.45) is 5.92 Å². The van der Waals surface area contributed by atoms with Crippen LogP contribution in [-0.4, -0.2) is 40.1 Å². The van der Waals surface area contributed by atoms with Gasteiger partial charge in [-0.3, -0.25) is 4.79 Å². The Bertz CT molecular complexity index is 342. The van der Waals surface area contributed by atoms with Crippen LogP contribution in [0.1, 0.15) is 53.4 Å². The number of urea groups is 1. The van der Waals surface area contributed by atoms with E-state index in [0.717, 1.165) is 19.4 Å². The Labute approximate surface area is 115 Å². The maximum Gasteiger partial charge on any atom is 0.318 e. The molecule has 1 aliphatic heterocycles. The van der Waals surface area contributed by atoms with Crippen LogP contribution in [0.5, 0.6) is 0 Å². The van der Waals surface area contributed by atoms with Crippen LogP contribution < -0.4 is 5.32 Å². The number of carboxylic acids is 1. The first kappa shape index (κ1) is 15.8. The van der Waals surface area contributed by atoms with Crippen LogP contribution >= 0.6 is 0 Å². The molecule has 0 aromatic carbocycles. The van der Waals surface area contributed by atoms with Crippen molar-refractivity contribution in [2.75, 3.05) is 6.54 Å². The van der Waals surface area contributed by atoms with Crippen LogP contribution in [0.4, 0.5) is 4.79 Å². The van der Waals surface area contributed by atoms with E-state index in [1.807, 2.05) is 18.7 Å². The van der Waals surface area contributed by atoms with E-state index < -0.39 is 11.5 Å². The third-order valence-corrected chi connectivity index (χ3v) is 4.04. The molecule has 2 amide bonds. The fourth-order valence-corrected chi connectivity index (χ4v) is 2.47. The summed E-state index contributed by atoms with van der Waals surface area (Å²) in [6.45, 7) is 8.76. The molecule has 1 saturated heterocycles. The lowest BCUT2D eigenvalue weighted by Gasteiger charge is -2.40. The van der Waals surface area contributed by atoms with Gasteiger partial charge in [0.05, 0.1) is 0 Å². The highest BCUT2D eigenvalue weighted by Gasteiger charge is 2.31. The number of hydrogen-bond donors (Lipinski definition) is 2. The average Bonchev–Trinajstić information content (AvgIpc) is 2.29. The molecule has 19 heavy (non-hydrogen) atoms. The number of aliphatic carboxylic acids is 1. The molecule has 0 aromatic heterocycles. The van der Waals surface area contributed by atoms with Crippen LogP contribution in [0.25, 0.3) is 0 Å². The second-order valence-electron chi connectivity index (χ2n) is 6.26. The summed E-state index contributed by atoms with van der Waals surface area (Å²) in [7, 11) is 0. The van der Waals surface area contributed by atoms with Crippen molar-refractivity contribution in [1.82, 2.24) is 10.2 Å². The molecule has 1 heterocycles. The number of carbonyl (C=O) groups is 2. The number of nitrogens with zero attached hydrogens (tertiary/aromatic N) is 1. The first-order valence-electron chi connectivity index (χ1n) is 7.03. The van der Waals surface area contributed by atoms with Crippen molar-refractivity contribution in [1.29, 1.82) is 0 Å². The Morgan fingerprint density at radius 1 is 1.37 bits per heavy atom. The maximum absolute atomic E-state index is 12.3. The first-order chi connectivity index (χ1) is 8.73. The van der Waals surface area contributed by atoms with Gasteiger partial charge in [-0.15, -0.1) is 0 Å². The molecule has 5 heteroatoms. The molecule has 0 aromatic rings. The molecule has 110 valence electrons. The van der Waals surface area contributed by atoms with Gasteiger partial charge >= 0.3 is 12.0 Å². The van der Waals surface area contributed by atoms with Crippen LogP contribution in [-0.2, 0) is 4.79 Å². The van der Waals surface area contributed by atoms with Gasteiger partial charge in [0.2, 0.25) is 0 Å². The average molecular weight is 270 g/mol. The minimum absolute atomic E-state index is 0.0687. The standard InChI is InChI=1S/C14H26N2O3/c1-10-6-5-9-16(11(10)2)13(19)15-14(3,4)8-7-12(17)18/h10-11H,5-9H2,1-4H3,(H,15,19)(H,17,18). The zero-order valence-electron chi connectivity index (χ0n) is 12.4. The molecular formula is C14H26N2O3. The Kier molecular flexibility index (Phi) is 5.20. The van der Waals surface area contributed by atoms with Crippen LogP contribution in [0, 0.1) is 5.92 Å². The second-order valence-corrected chi connectivity index (χ2v) is 6.26. The Morgan fingerprint density at radius 3 is 2.58 bits per heavy atom. The monoisotopic (exact) mass is 270 g/mol. The van der Waals surface area contributed by atoms with Gasteiger partial charge in [-0.2, -0.15) is 0 Å². The van der Waals surface area contributed by atoms with Gasteiger partial charge in [0, 0.05) is 24.5 Å². The lowest BCUT2D eigenvalue weighted by atomic mass is 9.92. The largest absolute Gasteiger partial charge is 0.481 e. The molecule has 1 aliphatic rings. The molecule has 2 unspecified atom stereocenters. The van der Waals surface area contributed by atoms with E-state index in [0.29, 0.717) is 12.3 Å². The molecule has 2 atom stereocenters. The van der Waals surface area contributed by atoms with E-state index in [1.165, 1.54) is 0 Å². The number of piperidine rings is 1. The summed E-state index contributed by atoms with van der Waals surface area (Å²) in [5.41, 5.74) is -0.490. The van der Waals surface area contributed by atoms with E-state index in [1.54, 1.807) is 0 Å². The normalized spacial score (nSPS) is 24.1. The molecular weight excluding hydrogens is 244 g/mol. The van der Waals surface area contributed by atoms with E-state index in [2.05, 4.69) is 19.2 Å². The highest BCUT2D eigenvalue weighted by atomic mass is 16.4. The lowest BCUT2D eigenvalue weighted by Crippen LogP contribution is -2.55. The Morgan fingerprint density at radius 2 is 2.00 bits per heavy atom. The number of rotatable bonds is 4. The Hall–Kier alpha value is -1.26. The maximum atomic E-state index is 12.3. The van der Waals surface area contributed by atoms with Crippen molar-refractivity contribution >= 4 is 12.0 Å². The number of carboxylic acid groups (broad SMARTS) is 1. The third kappa shape index (κ3) is 4.73. The number of carbonyl (C=O) groups excluding carboxylic acids is 1. The summed E-state index contributed by atoms with van der Waals surface area (Å²) >= 11 is 0. The minimum atomic E-state index is -0.831. The summed E-state index contributed by atoms with van der Waals surface area (Å²) in [6, 6.07) is 0.165. The first-order valence-corrected chi connectivity index (χ1v) is 7.03. The van der Waals surface area contributed by atoms with Gasteiger partial charge in [-0.05, 0) is 46.0 Å². The van der Waals surface area contributed by atoms with E-state index in [4.69, 9.17) is 5.11 Å². The minimum Gasteiger partial charge on any atom is -0.481 e. The quantitative estimate of drug-likeness (QED) is 0.824. The number of amides is 2. The molecule has 0 spiro atoms. The summed E-state index contributed by atoms with van der Waals surface area (Å²) in [6.07, 6.45) is 2.70. The van der Waals surface area contributed by atoms with E-state index in [9.17, 15) is 9.59 Å². The molecule has 0 bridgehead atoms. The smallest absolute Gasteiger partial charge is 0.318 e. The van der Waals surface area contributed by atoms with Crippen LogP contribution in [0.15, 0.2) is 0 Å². The van der Waals surface area contributed by atoms with Crippen molar-refractivity contribution in [3.8, 4) is 0 Å². The van der Waals surface area contributed by atoms with Gasteiger partial charge in [-0.1, -0.05) is 6.92 Å². The highest BCUT2D eigenvalue weighted by Crippen LogP contribution is 2.23. The van der Waals surface area contributed by atoms with E-state index >= 15 is 0 Å². The van der Waals surface area contributed by atoms with Crippen LogP contribution in [0.2, 0.25) is 0 Å². The lowest BCUT2D eigenvalue weighted by molar-refractivity contribution is -0.137. The Balaban J connectivity index is 2.55. The zero-order valence-corrected chi connectivity index (χ0v) is 12.4. The van der Waals surface area contributed by atoms with Gasteiger partial charge in [0.15, 0.2) is 0 Å². The summed E-state index contributed by atoms with van der Waals surface area (Å²) < 4.78 is 0. The number of hydrogen-bond acceptors (Lipinski definition) is 2. The number of likely N-dealkylation sites (tertiary alicyclic amines) is 1.